The van der Waals surface area contributed by atoms with Gasteiger partial charge in [-0.15, -0.1) is 0 Å². The van der Waals surface area contributed by atoms with Crippen molar-refractivity contribution in [2.75, 3.05) is 26.4 Å². The van der Waals surface area contributed by atoms with Crippen molar-refractivity contribution in [1.82, 2.24) is 5.32 Å². The predicted molar refractivity (Wildman–Crippen MR) is 332 cm³/mol. The van der Waals surface area contributed by atoms with Crippen molar-refractivity contribution < 1.29 is 89.4 Å². The lowest BCUT2D eigenvalue weighted by Crippen LogP contribution is -2.66. The largest absolute Gasteiger partial charge is 0.394 e. The van der Waals surface area contributed by atoms with Crippen LogP contribution in [0.25, 0.3) is 0 Å². The van der Waals surface area contributed by atoms with Crippen LogP contribution in [-0.4, -0.2) is 193 Å². The highest BCUT2D eigenvalue weighted by Gasteiger charge is 2.53. The van der Waals surface area contributed by atoms with Gasteiger partial charge in [0.15, 0.2) is 18.9 Å². The third-order valence-corrected chi connectivity index (χ3v) is 16.3. The normalized spacial score (nSPS) is 29.2. The molecule has 3 aliphatic rings. The number of rotatable bonds is 49. The van der Waals surface area contributed by atoms with Crippen LogP contribution in [0, 0.1) is 0 Å². The van der Waals surface area contributed by atoms with E-state index in [1.54, 1.807) is 0 Å². The average Bonchev–Trinajstić information content (AvgIpc) is 2.46. The third-order valence-electron chi connectivity index (χ3n) is 16.3. The van der Waals surface area contributed by atoms with Crippen LogP contribution in [0.15, 0.2) is 72.9 Å². The van der Waals surface area contributed by atoms with Gasteiger partial charge in [0, 0.05) is 6.42 Å². The smallest absolute Gasteiger partial charge is 0.220 e. The zero-order chi connectivity index (χ0) is 62.6. The molecule has 3 aliphatic heterocycles. The van der Waals surface area contributed by atoms with E-state index < -0.39 is 124 Å². The minimum Gasteiger partial charge on any atom is -0.394 e. The summed E-state index contributed by atoms with van der Waals surface area (Å²) in [5.41, 5.74) is 0. The van der Waals surface area contributed by atoms with E-state index in [2.05, 4.69) is 92.1 Å². The van der Waals surface area contributed by atoms with Crippen LogP contribution < -0.4 is 5.32 Å². The van der Waals surface area contributed by atoms with Crippen LogP contribution in [-0.2, 0) is 33.2 Å². The van der Waals surface area contributed by atoms with Crippen LogP contribution in [0.2, 0.25) is 0 Å². The average molecular weight is 1220 g/mol. The molecular weight excluding hydrogens is 1110 g/mol. The van der Waals surface area contributed by atoms with E-state index in [-0.39, 0.29) is 18.9 Å². The number of amides is 1. The van der Waals surface area contributed by atoms with Crippen molar-refractivity contribution >= 4 is 5.91 Å². The number of ether oxygens (including phenoxy) is 6. The minimum absolute atomic E-state index is 0.250. The van der Waals surface area contributed by atoms with Crippen LogP contribution in [0.4, 0.5) is 0 Å². The SMILES string of the molecule is CC/C=C\C/C=C\C/C=C\C/C=C\C/C=C\C/C=C\CCCCCCCCCCCCCCCCCCC(=O)NC(COC1OC(CO)C(OC2OC(CO)C(OC3OC(CO)C(O)C(O)C3O)C(O)C2O)C(O)C1O)C(O)CCCCCCCC. The Morgan fingerprint density at radius 1 is 0.430 bits per heavy atom. The highest BCUT2D eigenvalue weighted by molar-refractivity contribution is 5.76. The fourth-order valence-corrected chi connectivity index (χ4v) is 10.9. The number of aliphatic hydroxyl groups is 11. The molecule has 17 atom stereocenters. The Bertz CT molecular complexity index is 1850. The molecule has 0 saturated carbocycles. The van der Waals surface area contributed by atoms with Crippen LogP contribution >= 0.6 is 0 Å². The monoisotopic (exact) mass is 1220 g/mol. The van der Waals surface area contributed by atoms with Crippen LogP contribution in [0.1, 0.15) is 213 Å². The lowest BCUT2D eigenvalue weighted by molar-refractivity contribution is -0.379. The van der Waals surface area contributed by atoms with E-state index in [1.807, 2.05) is 0 Å². The molecule has 3 heterocycles. The van der Waals surface area contributed by atoms with Crippen molar-refractivity contribution in [2.24, 2.45) is 0 Å². The molecule has 19 heteroatoms. The summed E-state index contributed by atoms with van der Waals surface area (Å²) < 4.78 is 34.2. The Balaban J connectivity index is 1.28. The quantitative estimate of drug-likeness (QED) is 0.0204. The van der Waals surface area contributed by atoms with E-state index in [9.17, 15) is 61.0 Å². The minimum atomic E-state index is -1.97. The molecule has 0 aromatic heterocycles. The van der Waals surface area contributed by atoms with Crippen LogP contribution in [0.5, 0.6) is 0 Å². The van der Waals surface area contributed by atoms with Crippen molar-refractivity contribution in [2.45, 2.75) is 317 Å². The third kappa shape index (κ3) is 31.3. The van der Waals surface area contributed by atoms with E-state index in [4.69, 9.17) is 28.4 Å². The maximum Gasteiger partial charge on any atom is 0.220 e. The first-order chi connectivity index (χ1) is 41.8. The molecular formula is C67H117NO18. The summed E-state index contributed by atoms with van der Waals surface area (Å²) in [5, 5.41) is 120. The molecule has 86 heavy (non-hydrogen) atoms. The van der Waals surface area contributed by atoms with E-state index in [1.165, 1.54) is 83.5 Å². The van der Waals surface area contributed by atoms with Crippen molar-refractivity contribution in [3.63, 3.8) is 0 Å². The summed E-state index contributed by atoms with van der Waals surface area (Å²) in [5.74, 6) is -0.250. The fraction of sp³-hybridized carbons (Fsp3) is 0.806. The molecule has 0 bridgehead atoms. The van der Waals surface area contributed by atoms with Gasteiger partial charge in [-0.3, -0.25) is 4.79 Å². The molecule has 498 valence electrons. The molecule has 3 fully saturated rings. The molecule has 0 aliphatic carbocycles. The van der Waals surface area contributed by atoms with Gasteiger partial charge in [-0.05, 0) is 64.2 Å². The van der Waals surface area contributed by atoms with Crippen molar-refractivity contribution in [3.05, 3.63) is 72.9 Å². The highest BCUT2D eigenvalue weighted by atomic mass is 16.8. The summed E-state index contributed by atoms with van der Waals surface area (Å²) in [6.07, 6.45) is 33.5. The summed E-state index contributed by atoms with van der Waals surface area (Å²) in [7, 11) is 0. The van der Waals surface area contributed by atoms with Crippen LogP contribution in [0.3, 0.4) is 0 Å². The molecule has 1 amide bonds. The number of aliphatic hydroxyl groups excluding tert-OH is 11. The number of allylic oxidation sites excluding steroid dienone is 12. The first kappa shape index (κ1) is 77.5. The number of carbonyl (C=O) groups excluding carboxylic acids is 1. The Labute approximate surface area is 515 Å². The molecule has 0 radical (unpaired) electrons. The maximum atomic E-state index is 13.3. The van der Waals surface area contributed by atoms with E-state index in [0.29, 0.717) is 12.8 Å². The van der Waals surface area contributed by atoms with E-state index in [0.717, 1.165) is 96.3 Å². The molecule has 0 spiro atoms. The van der Waals surface area contributed by atoms with E-state index >= 15 is 0 Å². The van der Waals surface area contributed by atoms with Gasteiger partial charge in [0.05, 0.1) is 38.6 Å². The van der Waals surface area contributed by atoms with Gasteiger partial charge >= 0.3 is 0 Å². The lowest BCUT2D eigenvalue weighted by Gasteiger charge is -2.48. The zero-order valence-electron chi connectivity index (χ0n) is 52.3. The summed E-state index contributed by atoms with van der Waals surface area (Å²) in [6, 6.07) is -0.886. The first-order valence-corrected chi connectivity index (χ1v) is 33.2. The molecule has 19 nitrogen and oxygen atoms in total. The Morgan fingerprint density at radius 2 is 0.802 bits per heavy atom. The van der Waals surface area contributed by atoms with Crippen molar-refractivity contribution in [1.29, 1.82) is 0 Å². The van der Waals surface area contributed by atoms with Gasteiger partial charge in [0.25, 0.3) is 0 Å². The topological polar surface area (TPSA) is 307 Å². The van der Waals surface area contributed by atoms with Gasteiger partial charge in [0.1, 0.15) is 73.2 Å². The number of nitrogens with one attached hydrogen (secondary N) is 1. The second-order valence-corrected chi connectivity index (χ2v) is 23.6. The van der Waals surface area contributed by atoms with Gasteiger partial charge in [-0.2, -0.15) is 0 Å². The second-order valence-electron chi connectivity index (χ2n) is 23.6. The Kier molecular flexibility index (Phi) is 44.1. The standard InChI is InChI=1S/C67H117NO18/c1-3-5-7-9-11-12-13-14-15-16-17-18-19-20-21-22-23-24-25-26-27-28-29-30-31-32-33-34-35-36-37-38-39-41-43-45-55(73)68-50(51(72)44-42-40-10-8-6-4-2)49-81-65-61(79)58(76)63(53(47-70)83-65)86-67-62(80)59(77)64(54(48-71)84-67)85-66-60(78)57(75)56(74)52(46-69)82-66/h5,7,11-12,14-15,17-18,20-21,23-24,50-54,56-67,69-72,74-80H,3-4,6,8-10,13,16,19,22,25-49H2,1-2H3,(H,68,73)/b7-5-,12-11-,15-14-,18-17-,21-20-,24-23-. The lowest BCUT2D eigenvalue weighted by atomic mass is 9.96. The number of unbranched alkanes of at least 4 members (excludes halogenated alkanes) is 21. The summed E-state index contributed by atoms with van der Waals surface area (Å²) in [4.78, 5) is 13.3. The molecule has 12 N–H and O–H groups in total. The number of hydrogen-bond acceptors (Lipinski definition) is 18. The van der Waals surface area contributed by atoms with Crippen molar-refractivity contribution in [3.8, 4) is 0 Å². The van der Waals surface area contributed by atoms with Gasteiger partial charge in [0.2, 0.25) is 5.91 Å². The van der Waals surface area contributed by atoms with Gasteiger partial charge < -0.3 is 89.9 Å². The first-order valence-electron chi connectivity index (χ1n) is 33.2. The fourth-order valence-electron chi connectivity index (χ4n) is 10.9. The molecule has 17 unspecified atom stereocenters. The second kappa shape index (κ2) is 49.0. The zero-order valence-corrected chi connectivity index (χ0v) is 52.3. The number of hydrogen-bond donors (Lipinski definition) is 12. The Morgan fingerprint density at radius 3 is 1.26 bits per heavy atom. The highest BCUT2D eigenvalue weighted by Crippen LogP contribution is 2.33. The molecule has 3 saturated heterocycles. The predicted octanol–water partition coefficient (Wildman–Crippen LogP) is 7.77. The molecule has 0 aromatic rings. The summed E-state index contributed by atoms with van der Waals surface area (Å²) in [6.45, 7) is 1.58. The Hall–Kier alpha value is -2.77. The van der Waals surface area contributed by atoms with Gasteiger partial charge in [-0.25, -0.2) is 0 Å². The van der Waals surface area contributed by atoms with Gasteiger partial charge in [-0.1, -0.05) is 215 Å². The molecule has 3 rings (SSSR count). The molecule has 0 aromatic carbocycles. The maximum absolute atomic E-state index is 13.3. The number of carbonyl (C=O) groups is 1. The summed E-state index contributed by atoms with van der Waals surface area (Å²) >= 11 is 0.